The molecule has 1 saturated heterocycles. The fraction of sp³-hybridized carbons (Fsp3) is 0.857. The van der Waals surface area contributed by atoms with Gasteiger partial charge in [0.2, 0.25) is 0 Å². The molecule has 112 valence electrons. The van der Waals surface area contributed by atoms with Crippen molar-refractivity contribution in [3.05, 3.63) is 0 Å². The highest BCUT2D eigenvalue weighted by Crippen LogP contribution is 2.48. The molecule has 3 fully saturated rings. The maximum Gasteiger partial charge on any atom is 0.327 e. The molecule has 1 unspecified atom stereocenters. The number of nitrogens with zero attached hydrogens (tertiary/aromatic N) is 1. The van der Waals surface area contributed by atoms with Crippen molar-refractivity contribution >= 4 is 23.8 Å². The minimum atomic E-state index is -0.895. The largest absolute Gasteiger partial charge is 0.480 e. The van der Waals surface area contributed by atoms with Gasteiger partial charge in [0, 0.05) is 24.6 Å². The first-order valence-corrected chi connectivity index (χ1v) is 8.67. The van der Waals surface area contributed by atoms with E-state index in [0.29, 0.717) is 18.2 Å². The summed E-state index contributed by atoms with van der Waals surface area (Å²) >= 11 is 1.60. The Balaban J connectivity index is 1.53. The van der Waals surface area contributed by atoms with Gasteiger partial charge in [-0.05, 0) is 43.4 Å². The maximum atomic E-state index is 12.2. The normalized spacial score (nSPS) is 26.6. The number of carbonyl (C=O) groups is 2. The highest BCUT2D eigenvalue weighted by Gasteiger charge is 2.41. The Hall–Kier alpha value is -0.910. The van der Waals surface area contributed by atoms with Gasteiger partial charge >= 0.3 is 12.0 Å². The molecule has 0 aromatic heterocycles. The second-order valence-corrected chi connectivity index (χ2v) is 7.30. The Kier molecular flexibility index (Phi) is 4.10. The van der Waals surface area contributed by atoms with Gasteiger partial charge in [-0.1, -0.05) is 0 Å². The molecule has 3 aliphatic rings. The van der Waals surface area contributed by atoms with Crippen molar-refractivity contribution in [2.24, 2.45) is 17.8 Å². The zero-order valence-corrected chi connectivity index (χ0v) is 12.4. The van der Waals surface area contributed by atoms with Crippen molar-refractivity contribution in [3.8, 4) is 0 Å². The van der Waals surface area contributed by atoms with E-state index in [0.717, 1.165) is 24.1 Å². The van der Waals surface area contributed by atoms with Crippen LogP contribution in [0.1, 0.15) is 25.7 Å². The Labute approximate surface area is 123 Å². The van der Waals surface area contributed by atoms with E-state index in [2.05, 4.69) is 5.32 Å². The fourth-order valence-corrected chi connectivity index (χ4v) is 4.16. The van der Waals surface area contributed by atoms with Gasteiger partial charge in [-0.15, -0.1) is 0 Å². The van der Waals surface area contributed by atoms with Gasteiger partial charge in [-0.3, -0.25) is 0 Å². The maximum absolute atomic E-state index is 12.2. The lowest BCUT2D eigenvalue weighted by molar-refractivity contribution is -0.141. The number of hydrogen-bond donors (Lipinski definition) is 2. The van der Waals surface area contributed by atoms with Gasteiger partial charge in [-0.2, -0.15) is 11.8 Å². The van der Waals surface area contributed by atoms with E-state index in [1.54, 1.807) is 11.8 Å². The molecule has 3 rings (SSSR count). The lowest BCUT2D eigenvalue weighted by Crippen LogP contribution is -2.54. The predicted octanol–water partition coefficient (Wildman–Crippen LogP) is 1.63. The summed E-state index contributed by atoms with van der Waals surface area (Å²) in [6.07, 6.45) is 5.20. The number of carboxylic acids is 1. The number of hydrogen-bond acceptors (Lipinski definition) is 3. The Bertz CT molecular complexity index is 384. The van der Waals surface area contributed by atoms with E-state index >= 15 is 0 Å². The summed E-state index contributed by atoms with van der Waals surface area (Å²) in [7, 11) is 0. The number of aliphatic carboxylic acids is 1. The molecule has 2 amide bonds. The average Bonchev–Trinajstić information content (AvgIpc) is 3.31. The van der Waals surface area contributed by atoms with Crippen molar-refractivity contribution in [1.29, 1.82) is 0 Å². The molecule has 0 aromatic carbocycles. The molecule has 0 aromatic rings. The van der Waals surface area contributed by atoms with Crippen LogP contribution < -0.4 is 5.32 Å². The summed E-state index contributed by atoms with van der Waals surface area (Å²) in [6.45, 7) is 1.26. The van der Waals surface area contributed by atoms with E-state index in [1.807, 2.05) is 0 Å². The molecular weight excluding hydrogens is 276 g/mol. The van der Waals surface area contributed by atoms with Crippen molar-refractivity contribution in [1.82, 2.24) is 10.2 Å². The summed E-state index contributed by atoms with van der Waals surface area (Å²) in [5, 5.41) is 12.2. The van der Waals surface area contributed by atoms with Crippen LogP contribution >= 0.6 is 11.8 Å². The fourth-order valence-electron chi connectivity index (χ4n) is 3.13. The van der Waals surface area contributed by atoms with Gasteiger partial charge < -0.3 is 15.3 Å². The SMILES string of the molecule is O=C(O)C1CSCCN1C(=O)NCC(C1CC1)C1CC1. The summed E-state index contributed by atoms with van der Waals surface area (Å²) in [6, 6.07) is -0.863. The second-order valence-electron chi connectivity index (χ2n) is 6.15. The molecule has 0 radical (unpaired) electrons. The summed E-state index contributed by atoms with van der Waals surface area (Å²) < 4.78 is 0. The minimum Gasteiger partial charge on any atom is -0.480 e. The molecule has 0 spiro atoms. The monoisotopic (exact) mass is 298 g/mol. The van der Waals surface area contributed by atoms with Crippen LogP contribution in [0.15, 0.2) is 0 Å². The third-order valence-electron chi connectivity index (χ3n) is 4.62. The topological polar surface area (TPSA) is 69.6 Å². The molecule has 2 aliphatic carbocycles. The molecule has 2 saturated carbocycles. The molecule has 6 heteroatoms. The Morgan fingerprint density at radius 1 is 1.25 bits per heavy atom. The van der Waals surface area contributed by atoms with Crippen LogP contribution in [0.5, 0.6) is 0 Å². The highest BCUT2D eigenvalue weighted by molar-refractivity contribution is 7.99. The zero-order chi connectivity index (χ0) is 14.1. The molecular formula is C14H22N2O3S. The van der Waals surface area contributed by atoms with Gasteiger partial charge in [0.05, 0.1) is 0 Å². The zero-order valence-electron chi connectivity index (χ0n) is 11.6. The van der Waals surface area contributed by atoms with Crippen molar-refractivity contribution < 1.29 is 14.7 Å². The number of urea groups is 1. The van der Waals surface area contributed by atoms with Gasteiger partial charge in [0.15, 0.2) is 0 Å². The highest BCUT2D eigenvalue weighted by atomic mass is 32.2. The van der Waals surface area contributed by atoms with Gasteiger partial charge in [0.25, 0.3) is 0 Å². The van der Waals surface area contributed by atoms with Gasteiger partial charge in [-0.25, -0.2) is 9.59 Å². The van der Waals surface area contributed by atoms with E-state index in [9.17, 15) is 14.7 Å². The molecule has 5 nitrogen and oxygen atoms in total. The third-order valence-corrected chi connectivity index (χ3v) is 5.64. The van der Waals surface area contributed by atoms with Crippen LogP contribution in [0.2, 0.25) is 0 Å². The number of rotatable bonds is 5. The number of carbonyl (C=O) groups excluding carboxylic acids is 1. The molecule has 0 bridgehead atoms. The predicted molar refractivity (Wildman–Crippen MR) is 77.8 cm³/mol. The standard InChI is InChI=1S/C14H22N2O3S/c17-13(18)12-8-20-6-5-16(12)14(19)15-7-11(9-1-2-9)10-3-4-10/h9-12H,1-8H2,(H,15,19)(H,17,18). The van der Waals surface area contributed by atoms with Crippen LogP contribution in [-0.4, -0.2) is 52.6 Å². The quantitative estimate of drug-likeness (QED) is 0.809. The Morgan fingerprint density at radius 2 is 1.90 bits per heavy atom. The van der Waals surface area contributed by atoms with Crippen molar-refractivity contribution in [2.45, 2.75) is 31.7 Å². The Morgan fingerprint density at radius 3 is 2.45 bits per heavy atom. The third kappa shape index (κ3) is 3.22. The molecule has 1 aliphatic heterocycles. The number of amides is 2. The van der Waals surface area contributed by atoms with E-state index in [1.165, 1.54) is 30.6 Å². The molecule has 1 heterocycles. The van der Waals surface area contributed by atoms with Crippen LogP contribution in [0.4, 0.5) is 4.79 Å². The number of carboxylic acid groups (broad SMARTS) is 1. The smallest absolute Gasteiger partial charge is 0.327 e. The van der Waals surface area contributed by atoms with E-state index < -0.39 is 12.0 Å². The number of thioether (sulfide) groups is 1. The van der Waals surface area contributed by atoms with Crippen molar-refractivity contribution in [2.75, 3.05) is 24.6 Å². The van der Waals surface area contributed by atoms with Crippen molar-refractivity contribution in [3.63, 3.8) is 0 Å². The van der Waals surface area contributed by atoms with E-state index in [-0.39, 0.29) is 6.03 Å². The first-order chi connectivity index (χ1) is 9.66. The lowest BCUT2D eigenvalue weighted by atomic mass is 9.98. The first-order valence-electron chi connectivity index (χ1n) is 7.52. The summed E-state index contributed by atoms with van der Waals surface area (Å²) in [4.78, 5) is 25.0. The first kappa shape index (κ1) is 14.0. The van der Waals surface area contributed by atoms with Crippen LogP contribution in [0, 0.1) is 17.8 Å². The average molecular weight is 298 g/mol. The second kappa shape index (κ2) is 5.84. The number of nitrogens with one attached hydrogen (secondary N) is 1. The van der Waals surface area contributed by atoms with Crippen LogP contribution in [-0.2, 0) is 4.79 Å². The van der Waals surface area contributed by atoms with Crippen LogP contribution in [0.25, 0.3) is 0 Å². The summed E-state index contributed by atoms with van der Waals surface area (Å²) in [5.41, 5.74) is 0. The molecule has 1 atom stereocenters. The molecule has 2 N–H and O–H groups in total. The molecule has 20 heavy (non-hydrogen) atoms. The van der Waals surface area contributed by atoms with Gasteiger partial charge in [0.1, 0.15) is 6.04 Å². The lowest BCUT2D eigenvalue weighted by Gasteiger charge is -2.33. The van der Waals surface area contributed by atoms with Crippen LogP contribution in [0.3, 0.4) is 0 Å². The minimum absolute atomic E-state index is 0.191. The van der Waals surface area contributed by atoms with E-state index in [4.69, 9.17) is 0 Å². The summed E-state index contributed by atoms with van der Waals surface area (Å²) in [5.74, 6) is 2.66.